The molecule has 244 valence electrons. The molecule has 0 radical (unpaired) electrons. The Labute approximate surface area is 259 Å². The number of ether oxygens (including phenoxy) is 2. The molecule has 4 unspecified atom stereocenters. The van der Waals surface area contributed by atoms with Crippen molar-refractivity contribution in [3.05, 3.63) is 12.2 Å². The second kappa shape index (κ2) is 15.6. The van der Waals surface area contributed by atoms with Gasteiger partial charge in [0.1, 0.15) is 0 Å². The van der Waals surface area contributed by atoms with E-state index in [9.17, 15) is 28.8 Å². The van der Waals surface area contributed by atoms with Crippen molar-refractivity contribution in [3.8, 4) is 0 Å². The first-order valence-electron chi connectivity index (χ1n) is 16.4. The zero-order valence-corrected chi connectivity index (χ0v) is 25.2. The lowest BCUT2D eigenvalue weighted by Gasteiger charge is -2.39. The van der Waals surface area contributed by atoms with Crippen LogP contribution in [0.5, 0.6) is 0 Å². The molecule has 2 bridgehead atoms. The number of amides is 4. The predicted octanol–water partition coefficient (Wildman–Crippen LogP) is 2.13. The van der Waals surface area contributed by atoms with E-state index in [4.69, 9.17) is 20.8 Å². The number of carbonyl (C=O) groups is 6. The average molecular weight is 622 g/mol. The number of hydrogen-bond acceptors (Lipinski definition) is 9. The van der Waals surface area contributed by atoms with E-state index in [1.165, 1.54) is 0 Å². The number of likely N-dealkylation sites (tertiary alicyclic amines) is 1. The molecule has 4 heterocycles. The van der Waals surface area contributed by atoms with E-state index in [1.54, 1.807) is 4.90 Å². The second-order valence-corrected chi connectivity index (χ2v) is 12.2. The van der Waals surface area contributed by atoms with Gasteiger partial charge in [-0.3, -0.25) is 33.6 Å². The van der Waals surface area contributed by atoms with Gasteiger partial charge in [0.05, 0.1) is 50.1 Å². The van der Waals surface area contributed by atoms with Crippen LogP contribution in [0.15, 0.2) is 12.2 Å². The summed E-state index contributed by atoms with van der Waals surface area (Å²) in [5.41, 5.74) is -0.511. The van der Waals surface area contributed by atoms with Crippen molar-refractivity contribution < 1.29 is 49.6 Å². The van der Waals surface area contributed by atoms with Gasteiger partial charge in [0.25, 0.3) is 11.8 Å². The Kier molecular flexibility index (Phi) is 11.4. The monoisotopic (exact) mass is 621 g/mol. The van der Waals surface area contributed by atoms with Crippen LogP contribution in [0, 0.1) is 17.3 Å². The zero-order chi connectivity index (χ0) is 32.4. The summed E-state index contributed by atoms with van der Waals surface area (Å²) >= 11 is 0. The molecule has 4 aliphatic heterocycles. The number of rotatable bonds is 18. The van der Waals surface area contributed by atoms with Crippen LogP contribution in [0.3, 0.4) is 0 Å². The molecule has 3 saturated heterocycles. The fraction of sp³-hybridized carbons (Fsp3) is 0.742. The summed E-state index contributed by atoms with van der Waals surface area (Å²) in [6.07, 6.45) is 8.72. The molecule has 4 rings (SSSR count). The number of fused-ring (bicyclic) bond motifs is 5. The van der Waals surface area contributed by atoms with Gasteiger partial charge in [0.2, 0.25) is 11.8 Å². The predicted molar refractivity (Wildman–Crippen MR) is 154 cm³/mol. The van der Waals surface area contributed by atoms with E-state index < -0.39 is 29.2 Å². The number of imide groups is 1. The van der Waals surface area contributed by atoms with Crippen molar-refractivity contribution >= 4 is 35.6 Å². The Bertz CT molecular complexity index is 1110. The van der Waals surface area contributed by atoms with Crippen molar-refractivity contribution in [2.75, 3.05) is 32.8 Å². The first-order chi connectivity index (χ1) is 21.6. The fourth-order valence-corrected chi connectivity index (χ4v) is 6.07. The van der Waals surface area contributed by atoms with Crippen LogP contribution in [-0.4, -0.2) is 95.7 Å². The third-order valence-electron chi connectivity index (χ3n) is 8.79. The molecule has 3 fully saturated rings. The van der Waals surface area contributed by atoms with Crippen LogP contribution in [0.4, 0.5) is 0 Å². The first-order valence-corrected chi connectivity index (χ1v) is 15.7. The summed E-state index contributed by atoms with van der Waals surface area (Å²) in [5.74, 6) is -3.25. The van der Waals surface area contributed by atoms with Gasteiger partial charge in [-0.15, -0.1) is 0 Å². The van der Waals surface area contributed by atoms with Gasteiger partial charge in [-0.05, 0) is 38.5 Å². The molecule has 4 amide bonds. The largest absolute Gasteiger partial charge is 0.481 e. The number of esters is 1. The van der Waals surface area contributed by atoms with Crippen LogP contribution in [0.25, 0.3) is 0 Å². The lowest BCUT2D eigenvalue weighted by molar-refractivity contribution is -0.192. The molecule has 0 aromatic rings. The summed E-state index contributed by atoms with van der Waals surface area (Å²) < 4.78 is 18.8. The highest BCUT2D eigenvalue weighted by molar-refractivity contribution is 6.05. The third-order valence-corrected chi connectivity index (χ3v) is 8.79. The van der Waals surface area contributed by atoms with E-state index in [1.807, 2.05) is 12.2 Å². The number of hydrogen-bond donors (Lipinski definition) is 2. The number of carboxylic acid groups (broad SMARTS) is 1. The SMILES string of the molecule is [3H]CC1(COC(=O)CCC(=O)O)CCN(C(=O)CCCCCNC(=O)CCCCCON2C(=O)C3C4C=CC(O4)C3C2=O)CC1. The normalized spacial score (nSPS) is 25.2. The minimum absolute atomic E-state index is 0.0357. The molecule has 44 heavy (non-hydrogen) atoms. The van der Waals surface area contributed by atoms with Gasteiger partial charge < -0.3 is 24.8 Å². The molecule has 0 saturated carbocycles. The van der Waals surface area contributed by atoms with Crippen molar-refractivity contribution in [2.24, 2.45) is 17.3 Å². The van der Waals surface area contributed by atoms with Crippen LogP contribution >= 0.6 is 0 Å². The maximum Gasteiger partial charge on any atom is 0.306 e. The highest BCUT2D eigenvalue weighted by atomic mass is 16.7. The summed E-state index contributed by atoms with van der Waals surface area (Å²) in [6, 6.07) is 0. The molecule has 0 aliphatic carbocycles. The third kappa shape index (κ3) is 8.87. The van der Waals surface area contributed by atoms with Gasteiger partial charge in [-0.25, -0.2) is 0 Å². The molecule has 4 aliphatic rings. The van der Waals surface area contributed by atoms with Gasteiger partial charge in [-0.1, -0.05) is 31.9 Å². The molecular weight excluding hydrogens is 574 g/mol. The molecule has 4 atom stereocenters. The van der Waals surface area contributed by atoms with Gasteiger partial charge in [0, 0.05) is 39.3 Å². The summed E-state index contributed by atoms with van der Waals surface area (Å²) in [7, 11) is 0. The van der Waals surface area contributed by atoms with E-state index in [2.05, 4.69) is 5.32 Å². The zero-order valence-electron chi connectivity index (χ0n) is 26.2. The molecule has 0 spiro atoms. The maximum absolute atomic E-state index is 12.6. The number of carboxylic acids is 1. The maximum atomic E-state index is 12.6. The van der Waals surface area contributed by atoms with Crippen LogP contribution in [0.1, 0.15) is 85.3 Å². The van der Waals surface area contributed by atoms with Crippen molar-refractivity contribution in [1.29, 1.82) is 0 Å². The topological polar surface area (TPSA) is 169 Å². The van der Waals surface area contributed by atoms with E-state index in [0.29, 0.717) is 64.6 Å². The quantitative estimate of drug-likeness (QED) is 0.100. The summed E-state index contributed by atoms with van der Waals surface area (Å²) in [6.45, 7) is 1.90. The average Bonchev–Trinajstić information content (AvgIpc) is 3.72. The number of piperidine rings is 1. The number of nitrogens with one attached hydrogen (secondary N) is 1. The molecule has 13 nitrogen and oxygen atoms in total. The van der Waals surface area contributed by atoms with Crippen molar-refractivity contribution in [1.82, 2.24) is 15.3 Å². The van der Waals surface area contributed by atoms with Crippen LogP contribution in [-0.2, 0) is 43.1 Å². The first kappa shape index (κ1) is 32.1. The Morgan fingerprint density at radius 2 is 1.61 bits per heavy atom. The standard InChI is InChI=1S/C31H45N3O10/c1-31(20-42-26(39)13-12-25(37)38)14-17-33(18-15-31)24(36)9-5-2-6-16-32-23(35)8-4-3-7-19-43-34-29(40)27-21-10-11-22(44-21)28(27)30(34)41/h10-11,21-22,27-28H,2-9,12-20H2,1H3,(H,32,35)(H,37,38)/i1T. The van der Waals surface area contributed by atoms with Crippen LogP contribution < -0.4 is 5.32 Å². The second-order valence-electron chi connectivity index (χ2n) is 12.2. The Morgan fingerprint density at radius 3 is 2.27 bits per heavy atom. The Morgan fingerprint density at radius 1 is 0.955 bits per heavy atom. The lowest BCUT2D eigenvalue weighted by atomic mass is 9.81. The number of hydroxylamine groups is 2. The summed E-state index contributed by atoms with van der Waals surface area (Å²) in [5, 5.41) is 12.5. The number of unbranched alkanes of at least 4 members (excludes halogenated alkanes) is 4. The van der Waals surface area contributed by atoms with Crippen molar-refractivity contribution in [2.45, 2.75) is 96.2 Å². The highest BCUT2D eigenvalue weighted by Crippen LogP contribution is 2.45. The molecule has 13 heteroatoms. The van der Waals surface area contributed by atoms with Gasteiger partial charge in [-0.2, -0.15) is 5.06 Å². The Hall–Kier alpha value is -3.32. The van der Waals surface area contributed by atoms with Crippen LogP contribution in [0.2, 0.25) is 0 Å². The minimum atomic E-state index is -1.06. The Balaban J connectivity index is 0.969. The molecule has 0 aromatic heterocycles. The van der Waals surface area contributed by atoms with E-state index in [-0.39, 0.29) is 68.8 Å². The fourth-order valence-electron chi connectivity index (χ4n) is 6.07. The summed E-state index contributed by atoms with van der Waals surface area (Å²) in [4.78, 5) is 79.5. The smallest absolute Gasteiger partial charge is 0.306 e. The highest BCUT2D eigenvalue weighted by Gasteiger charge is 2.61. The number of nitrogens with zero attached hydrogens (tertiary/aromatic N) is 2. The number of aliphatic carboxylic acids is 1. The molecule has 0 aromatic carbocycles. The molecule has 2 N–H and O–H groups in total. The lowest BCUT2D eigenvalue weighted by Crippen LogP contribution is -2.44. The minimum Gasteiger partial charge on any atom is -0.481 e. The van der Waals surface area contributed by atoms with Gasteiger partial charge in [0.15, 0.2) is 0 Å². The van der Waals surface area contributed by atoms with Gasteiger partial charge >= 0.3 is 11.9 Å². The van der Waals surface area contributed by atoms with Crippen molar-refractivity contribution in [3.63, 3.8) is 0 Å². The van der Waals surface area contributed by atoms with E-state index >= 15 is 0 Å². The van der Waals surface area contributed by atoms with E-state index in [0.717, 1.165) is 24.3 Å². The number of carbonyl (C=O) groups excluding carboxylic acids is 5. The molecular formula is C31H45N3O10.